The molecule has 1 saturated heterocycles. The largest absolute Gasteiger partial charge is 0.394 e. The normalized spacial score (nSPS) is 35.9. The highest BCUT2D eigenvalue weighted by atomic mass is 35.5. The van der Waals surface area contributed by atoms with Crippen LogP contribution in [0, 0.1) is 0 Å². The summed E-state index contributed by atoms with van der Waals surface area (Å²) in [7, 11) is 0. The summed E-state index contributed by atoms with van der Waals surface area (Å²) in [4.78, 5) is 23.4. The number of halogens is 1. The molecule has 2 heterocycles. The van der Waals surface area contributed by atoms with E-state index in [0.717, 1.165) is 10.6 Å². The molecule has 100 valence electrons. The monoisotopic (exact) mass is 276 g/mol. The molecular formula is C10H13ClN2O5. The van der Waals surface area contributed by atoms with Gasteiger partial charge in [0.15, 0.2) is 6.23 Å². The molecule has 3 N–H and O–H groups in total. The number of hydrogen-bond donors (Lipinski definition) is 3. The fourth-order valence-electron chi connectivity index (χ4n) is 1.97. The van der Waals surface area contributed by atoms with Crippen molar-refractivity contribution in [2.24, 2.45) is 0 Å². The molecule has 1 fully saturated rings. The second kappa shape index (κ2) is 4.51. The zero-order valence-corrected chi connectivity index (χ0v) is 10.3. The minimum atomic E-state index is -1.28. The van der Waals surface area contributed by atoms with Crippen LogP contribution in [0.3, 0.4) is 0 Å². The molecule has 0 amide bonds. The Morgan fingerprint density at radius 1 is 1.61 bits per heavy atom. The third-order valence-corrected chi connectivity index (χ3v) is 3.41. The number of aliphatic hydroxyl groups is 2. The van der Waals surface area contributed by atoms with Crippen molar-refractivity contribution in [3.05, 3.63) is 33.1 Å². The van der Waals surface area contributed by atoms with Crippen LogP contribution in [0.15, 0.2) is 21.9 Å². The molecule has 0 radical (unpaired) electrons. The van der Waals surface area contributed by atoms with Crippen LogP contribution in [0.5, 0.6) is 0 Å². The third-order valence-electron chi connectivity index (χ3n) is 3.00. The van der Waals surface area contributed by atoms with Gasteiger partial charge >= 0.3 is 5.69 Å². The maximum atomic E-state index is 11.6. The van der Waals surface area contributed by atoms with E-state index < -0.39 is 41.2 Å². The second-order valence-electron chi connectivity index (χ2n) is 4.32. The molecule has 0 bridgehead atoms. The molecule has 0 aliphatic carbocycles. The van der Waals surface area contributed by atoms with E-state index in [1.807, 2.05) is 0 Å². The Morgan fingerprint density at radius 3 is 2.78 bits per heavy atom. The van der Waals surface area contributed by atoms with Crippen molar-refractivity contribution in [3.8, 4) is 0 Å². The van der Waals surface area contributed by atoms with Crippen molar-refractivity contribution < 1.29 is 14.9 Å². The lowest BCUT2D eigenvalue weighted by molar-refractivity contribution is -0.0470. The summed E-state index contributed by atoms with van der Waals surface area (Å²) in [5.41, 5.74) is -1.23. The van der Waals surface area contributed by atoms with E-state index in [1.54, 1.807) is 0 Å². The van der Waals surface area contributed by atoms with Gasteiger partial charge in [-0.2, -0.15) is 0 Å². The molecule has 1 unspecified atom stereocenters. The molecule has 0 aromatic carbocycles. The van der Waals surface area contributed by atoms with Crippen LogP contribution in [-0.4, -0.2) is 43.5 Å². The molecule has 1 aliphatic rings. The van der Waals surface area contributed by atoms with Gasteiger partial charge in [-0.05, 0) is 6.92 Å². The number of alkyl halides is 1. The summed E-state index contributed by atoms with van der Waals surface area (Å²) in [6, 6.07) is 1.15. The first-order valence-corrected chi connectivity index (χ1v) is 5.70. The minimum Gasteiger partial charge on any atom is -0.394 e. The number of aromatic nitrogens is 2. The third kappa shape index (κ3) is 1.99. The van der Waals surface area contributed by atoms with E-state index in [0.29, 0.717) is 0 Å². The van der Waals surface area contributed by atoms with Crippen molar-refractivity contribution in [2.75, 3.05) is 6.61 Å². The van der Waals surface area contributed by atoms with Gasteiger partial charge in [0.2, 0.25) is 0 Å². The van der Waals surface area contributed by atoms with Crippen molar-refractivity contribution >= 4 is 11.6 Å². The average Bonchev–Trinajstić information content (AvgIpc) is 2.52. The number of nitrogens with zero attached hydrogens (tertiary/aromatic N) is 1. The number of aromatic amines is 1. The van der Waals surface area contributed by atoms with Gasteiger partial charge in [-0.15, -0.1) is 11.6 Å². The zero-order chi connectivity index (χ0) is 13.5. The lowest BCUT2D eigenvalue weighted by Crippen LogP contribution is -2.42. The number of aliphatic hydroxyl groups excluding tert-OH is 2. The lowest BCUT2D eigenvalue weighted by Gasteiger charge is -2.26. The molecular weight excluding hydrogens is 264 g/mol. The molecule has 1 aliphatic heterocycles. The number of rotatable bonds is 2. The van der Waals surface area contributed by atoms with Crippen LogP contribution >= 0.6 is 11.6 Å². The van der Waals surface area contributed by atoms with Crippen molar-refractivity contribution in [2.45, 2.75) is 30.2 Å². The van der Waals surface area contributed by atoms with E-state index in [-0.39, 0.29) is 0 Å². The lowest BCUT2D eigenvalue weighted by atomic mass is 10.0. The Hall–Kier alpha value is -1.15. The molecule has 1 aromatic heterocycles. The van der Waals surface area contributed by atoms with E-state index in [9.17, 15) is 14.7 Å². The molecule has 7 nitrogen and oxygen atoms in total. The highest BCUT2D eigenvalue weighted by molar-refractivity contribution is 6.24. The van der Waals surface area contributed by atoms with Crippen molar-refractivity contribution in [1.29, 1.82) is 0 Å². The van der Waals surface area contributed by atoms with Crippen molar-refractivity contribution in [1.82, 2.24) is 9.55 Å². The fourth-order valence-corrected chi connectivity index (χ4v) is 2.27. The highest BCUT2D eigenvalue weighted by Crippen LogP contribution is 2.42. The average molecular weight is 277 g/mol. The summed E-state index contributed by atoms with van der Waals surface area (Å²) in [6.45, 7) is 1.08. The van der Waals surface area contributed by atoms with Crippen LogP contribution in [0.25, 0.3) is 0 Å². The quantitative estimate of drug-likeness (QED) is 0.588. The Kier molecular flexibility index (Phi) is 3.33. The number of ether oxygens (including phenoxy) is 1. The van der Waals surface area contributed by atoms with Gasteiger partial charge in [-0.25, -0.2) is 4.79 Å². The summed E-state index contributed by atoms with van der Waals surface area (Å²) in [6.07, 6.45) is -1.75. The van der Waals surface area contributed by atoms with Gasteiger partial charge in [-0.3, -0.25) is 14.3 Å². The van der Waals surface area contributed by atoms with Gasteiger partial charge in [0.05, 0.1) is 6.61 Å². The minimum absolute atomic E-state index is 0.419. The molecule has 0 spiro atoms. The van der Waals surface area contributed by atoms with Gasteiger partial charge < -0.3 is 14.9 Å². The van der Waals surface area contributed by atoms with Gasteiger partial charge in [-0.1, -0.05) is 0 Å². The number of nitrogens with one attached hydrogen (secondary N) is 1. The molecule has 4 atom stereocenters. The summed E-state index contributed by atoms with van der Waals surface area (Å²) in [5.74, 6) is 0. The molecule has 1 aromatic rings. The molecule has 18 heavy (non-hydrogen) atoms. The maximum absolute atomic E-state index is 11.6. The predicted octanol–water partition coefficient (Wildman–Crippen LogP) is -1.22. The second-order valence-corrected chi connectivity index (χ2v) is 5.14. The summed E-state index contributed by atoms with van der Waals surface area (Å²) in [5, 5.41) is 18.9. The topological polar surface area (TPSA) is 105 Å². The van der Waals surface area contributed by atoms with E-state index in [2.05, 4.69) is 4.98 Å². The van der Waals surface area contributed by atoms with E-state index in [4.69, 9.17) is 21.4 Å². The van der Waals surface area contributed by atoms with Crippen LogP contribution < -0.4 is 11.2 Å². The Morgan fingerprint density at radius 2 is 2.28 bits per heavy atom. The molecule has 8 heteroatoms. The summed E-state index contributed by atoms with van der Waals surface area (Å²) >= 11 is 6.17. The number of hydrogen-bond acceptors (Lipinski definition) is 5. The Balaban J connectivity index is 2.45. The predicted molar refractivity (Wildman–Crippen MR) is 62.6 cm³/mol. The van der Waals surface area contributed by atoms with Gasteiger partial charge in [0, 0.05) is 12.3 Å². The van der Waals surface area contributed by atoms with Crippen LogP contribution in [0.4, 0.5) is 0 Å². The van der Waals surface area contributed by atoms with Crippen LogP contribution in [0.2, 0.25) is 0 Å². The highest BCUT2D eigenvalue weighted by Gasteiger charge is 2.53. The summed E-state index contributed by atoms with van der Waals surface area (Å²) < 4.78 is 6.43. The van der Waals surface area contributed by atoms with Gasteiger partial charge in [0.1, 0.15) is 17.1 Å². The molecule has 0 saturated carbocycles. The first-order valence-electron chi connectivity index (χ1n) is 5.32. The SMILES string of the molecule is C[C@]1(Cl)C(n2ccc(=O)[nH]c2=O)O[C@H](CO)[C@H]1O. The first-order chi connectivity index (χ1) is 8.37. The standard InChI is InChI=1S/C10H13ClN2O5/c1-10(11)7(16)5(4-14)18-8(10)13-3-2-6(15)12-9(13)17/h2-3,5,7-8,14,16H,4H2,1H3,(H,12,15,17)/t5-,7-,8?,10-/m1/s1. The first kappa shape index (κ1) is 13.3. The van der Waals surface area contributed by atoms with Crippen LogP contribution in [0.1, 0.15) is 13.2 Å². The van der Waals surface area contributed by atoms with E-state index in [1.165, 1.54) is 13.1 Å². The van der Waals surface area contributed by atoms with Crippen molar-refractivity contribution in [3.63, 3.8) is 0 Å². The smallest absolute Gasteiger partial charge is 0.330 e. The Labute approximate surface area is 107 Å². The number of H-pyrrole nitrogens is 1. The Bertz CT molecular complexity index is 552. The maximum Gasteiger partial charge on any atom is 0.330 e. The van der Waals surface area contributed by atoms with E-state index >= 15 is 0 Å². The zero-order valence-electron chi connectivity index (χ0n) is 9.54. The molecule has 2 rings (SSSR count). The fraction of sp³-hybridized carbons (Fsp3) is 0.600. The van der Waals surface area contributed by atoms with Gasteiger partial charge in [0.25, 0.3) is 5.56 Å². The van der Waals surface area contributed by atoms with Crippen LogP contribution in [-0.2, 0) is 4.74 Å².